The number of ketones is 1. The lowest BCUT2D eigenvalue weighted by Gasteiger charge is -2.51. The summed E-state index contributed by atoms with van der Waals surface area (Å²) in [5.74, 6) is 1.13. The molecule has 1 saturated heterocycles. The predicted octanol–water partition coefficient (Wildman–Crippen LogP) is 2.00. The molecule has 1 aliphatic heterocycles. The van der Waals surface area contributed by atoms with Gasteiger partial charge in [0.1, 0.15) is 5.78 Å². The van der Waals surface area contributed by atoms with Gasteiger partial charge in [0.05, 0.1) is 13.2 Å². The molecule has 1 aliphatic carbocycles. The van der Waals surface area contributed by atoms with E-state index in [9.17, 15) is 4.79 Å². The van der Waals surface area contributed by atoms with Gasteiger partial charge in [-0.15, -0.1) is 0 Å². The fourth-order valence-corrected chi connectivity index (χ4v) is 2.88. The van der Waals surface area contributed by atoms with E-state index in [-0.39, 0.29) is 17.6 Å². The van der Waals surface area contributed by atoms with E-state index in [1.54, 1.807) is 6.92 Å². The highest BCUT2D eigenvalue weighted by Crippen LogP contribution is 2.53. The highest BCUT2D eigenvalue weighted by Gasteiger charge is 2.50. The van der Waals surface area contributed by atoms with Gasteiger partial charge in [-0.2, -0.15) is 0 Å². The number of hydrogen-bond acceptors (Lipinski definition) is 3. The summed E-state index contributed by atoms with van der Waals surface area (Å²) in [5, 5.41) is 0. The predicted molar refractivity (Wildman–Crippen MR) is 56.4 cm³/mol. The van der Waals surface area contributed by atoms with Crippen LogP contribution in [0.15, 0.2) is 0 Å². The molecule has 2 rings (SSSR count). The van der Waals surface area contributed by atoms with E-state index in [0.29, 0.717) is 24.9 Å². The molecule has 2 aliphatic rings. The maximum absolute atomic E-state index is 11.4. The molecule has 0 bridgehead atoms. The molecular formula is C12H20O3. The normalized spacial score (nSPS) is 35.1. The van der Waals surface area contributed by atoms with Gasteiger partial charge in [-0.05, 0) is 24.7 Å². The van der Waals surface area contributed by atoms with Gasteiger partial charge >= 0.3 is 0 Å². The molecule has 1 heterocycles. The first kappa shape index (κ1) is 11.1. The van der Waals surface area contributed by atoms with Crippen LogP contribution >= 0.6 is 0 Å². The molecule has 2 fully saturated rings. The summed E-state index contributed by atoms with van der Waals surface area (Å²) in [6, 6.07) is 0. The summed E-state index contributed by atoms with van der Waals surface area (Å²) >= 11 is 0. The molecule has 3 nitrogen and oxygen atoms in total. The summed E-state index contributed by atoms with van der Waals surface area (Å²) in [5.41, 5.74) is 0.126. The SMILES string of the molecule is CC(=O)C1CC(CC2OCCO2)C1(C)C. The van der Waals surface area contributed by atoms with Crippen LogP contribution in [0, 0.1) is 17.3 Å². The van der Waals surface area contributed by atoms with Crippen LogP contribution < -0.4 is 0 Å². The van der Waals surface area contributed by atoms with E-state index in [2.05, 4.69) is 13.8 Å². The van der Waals surface area contributed by atoms with Gasteiger partial charge in [0.25, 0.3) is 0 Å². The summed E-state index contributed by atoms with van der Waals surface area (Å²) in [7, 11) is 0. The second-order valence-corrected chi connectivity index (χ2v) is 5.32. The smallest absolute Gasteiger partial charge is 0.158 e. The maximum atomic E-state index is 11.4. The van der Waals surface area contributed by atoms with Crippen molar-refractivity contribution in [3.05, 3.63) is 0 Å². The van der Waals surface area contributed by atoms with Crippen LogP contribution in [0.5, 0.6) is 0 Å². The Bertz CT molecular complexity index is 254. The van der Waals surface area contributed by atoms with E-state index < -0.39 is 0 Å². The Morgan fingerprint density at radius 1 is 1.33 bits per heavy atom. The largest absolute Gasteiger partial charge is 0.350 e. The average Bonchev–Trinajstić information content (AvgIpc) is 2.63. The first-order valence-electron chi connectivity index (χ1n) is 5.75. The second-order valence-electron chi connectivity index (χ2n) is 5.32. The molecule has 0 amide bonds. The van der Waals surface area contributed by atoms with Crippen LogP contribution in [0.4, 0.5) is 0 Å². The number of rotatable bonds is 3. The number of carbonyl (C=O) groups excluding carboxylic acids is 1. The van der Waals surface area contributed by atoms with Crippen LogP contribution in [0.2, 0.25) is 0 Å². The van der Waals surface area contributed by atoms with Gasteiger partial charge in [0, 0.05) is 12.3 Å². The Hall–Kier alpha value is -0.410. The third-order valence-electron chi connectivity index (χ3n) is 4.13. The van der Waals surface area contributed by atoms with Gasteiger partial charge in [-0.1, -0.05) is 13.8 Å². The van der Waals surface area contributed by atoms with Crippen molar-refractivity contribution in [2.24, 2.45) is 17.3 Å². The molecule has 15 heavy (non-hydrogen) atoms. The van der Waals surface area contributed by atoms with Gasteiger partial charge in [-0.3, -0.25) is 4.79 Å². The lowest BCUT2D eigenvalue weighted by Crippen LogP contribution is -2.49. The molecule has 0 aromatic carbocycles. The number of Topliss-reactive ketones (excluding diaryl/α,β-unsaturated/α-hetero) is 1. The Kier molecular flexibility index (Phi) is 2.86. The Morgan fingerprint density at radius 2 is 1.93 bits per heavy atom. The third kappa shape index (κ3) is 1.95. The minimum atomic E-state index is -0.0258. The van der Waals surface area contributed by atoms with Gasteiger partial charge in [-0.25, -0.2) is 0 Å². The van der Waals surface area contributed by atoms with Crippen LogP contribution in [0.1, 0.15) is 33.6 Å². The van der Waals surface area contributed by atoms with Crippen molar-refractivity contribution >= 4 is 5.78 Å². The molecule has 0 aromatic heterocycles. The maximum Gasteiger partial charge on any atom is 0.158 e. The van der Waals surface area contributed by atoms with Crippen LogP contribution in [-0.2, 0) is 14.3 Å². The summed E-state index contributed by atoms with van der Waals surface area (Å²) in [4.78, 5) is 11.4. The third-order valence-corrected chi connectivity index (χ3v) is 4.13. The molecule has 0 radical (unpaired) electrons. The van der Waals surface area contributed by atoms with Gasteiger partial charge in [0.2, 0.25) is 0 Å². The molecule has 3 heteroatoms. The fraction of sp³-hybridized carbons (Fsp3) is 0.917. The standard InChI is InChI=1S/C12H20O3/c1-8(13)10-6-9(12(10,2)3)7-11-14-4-5-15-11/h9-11H,4-7H2,1-3H3. The minimum Gasteiger partial charge on any atom is -0.350 e. The highest BCUT2D eigenvalue weighted by molar-refractivity contribution is 5.80. The zero-order valence-electron chi connectivity index (χ0n) is 9.79. The Balaban J connectivity index is 1.88. The molecule has 1 saturated carbocycles. The topological polar surface area (TPSA) is 35.5 Å². The molecular weight excluding hydrogens is 192 g/mol. The summed E-state index contributed by atoms with van der Waals surface area (Å²) in [6.45, 7) is 7.50. The van der Waals surface area contributed by atoms with Crippen molar-refractivity contribution in [2.45, 2.75) is 39.9 Å². The van der Waals surface area contributed by atoms with E-state index in [0.717, 1.165) is 12.8 Å². The summed E-state index contributed by atoms with van der Waals surface area (Å²) in [6.07, 6.45) is 1.92. The quantitative estimate of drug-likeness (QED) is 0.717. The lowest BCUT2D eigenvalue weighted by molar-refractivity contribution is -0.145. The van der Waals surface area contributed by atoms with Crippen molar-refractivity contribution < 1.29 is 14.3 Å². The zero-order chi connectivity index (χ0) is 11.1. The Morgan fingerprint density at radius 3 is 2.40 bits per heavy atom. The Labute approximate surface area is 91.1 Å². The molecule has 0 spiro atoms. The lowest BCUT2D eigenvalue weighted by atomic mass is 9.52. The van der Waals surface area contributed by atoms with Crippen molar-refractivity contribution in [3.63, 3.8) is 0 Å². The van der Waals surface area contributed by atoms with Crippen LogP contribution in [0.25, 0.3) is 0 Å². The highest BCUT2D eigenvalue weighted by atomic mass is 16.7. The zero-order valence-corrected chi connectivity index (χ0v) is 9.79. The van der Waals surface area contributed by atoms with E-state index >= 15 is 0 Å². The molecule has 0 aromatic rings. The van der Waals surface area contributed by atoms with Crippen LogP contribution in [-0.4, -0.2) is 25.3 Å². The van der Waals surface area contributed by atoms with Crippen molar-refractivity contribution in [1.82, 2.24) is 0 Å². The first-order chi connectivity index (χ1) is 7.01. The van der Waals surface area contributed by atoms with Gasteiger partial charge < -0.3 is 9.47 Å². The minimum absolute atomic E-state index is 0.0258. The average molecular weight is 212 g/mol. The van der Waals surface area contributed by atoms with Crippen molar-refractivity contribution in [1.29, 1.82) is 0 Å². The summed E-state index contributed by atoms with van der Waals surface area (Å²) < 4.78 is 10.9. The first-order valence-corrected chi connectivity index (χ1v) is 5.75. The van der Waals surface area contributed by atoms with E-state index in [1.165, 1.54) is 0 Å². The molecule has 86 valence electrons. The van der Waals surface area contributed by atoms with Gasteiger partial charge in [0.15, 0.2) is 6.29 Å². The number of carbonyl (C=O) groups is 1. The fourth-order valence-electron chi connectivity index (χ4n) is 2.88. The second kappa shape index (κ2) is 3.87. The van der Waals surface area contributed by atoms with Crippen molar-refractivity contribution in [3.8, 4) is 0 Å². The van der Waals surface area contributed by atoms with Crippen LogP contribution in [0.3, 0.4) is 0 Å². The molecule has 2 unspecified atom stereocenters. The molecule has 0 N–H and O–H groups in total. The molecule has 2 atom stereocenters. The number of ether oxygens (including phenoxy) is 2. The number of hydrogen-bond donors (Lipinski definition) is 0. The van der Waals surface area contributed by atoms with E-state index in [4.69, 9.17) is 9.47 Å². The van der Waals surface area contributed by atoms with Crippen molar-refractivity contribution in [2.75, 3.05) is 13.2 Å². The monoisotopic (exact) mass is 212 g/mol. The van der Waals surface area contributed by atoms with E-state index in [1.807, 2.05) is 0 Å².